The Morgan fingerprint density at radius 1 is 1.43 bits per heavy atom. The van der Waals surface area contributed by atoms with E-state index in [1.165, 1.54) is 0 Å². The van der Waals surface area contributed by atoms with Gasteiger partial charge in [0.05, 0.1) is 0 Å². The zero-order chi connectivity index (χ0) is 15.7. The second-order valence-electron chi connectivity index (χ2n) is 4.48. The molecule has 1 aromatic carbocycles. The number of benzene rings is 1. The Kier molecular flexibility index (Phi) is 7.33. The number of rotatable bonds is 7. The molecule has 1 aromatic rings. The molecule has 0 unspecified atom stereocenters. The number of aryl methyl sites for hydroxylation is 1. The maximum absolute atomic E-state index is 11.7. The first-order valence-electron chi connectivity index (χ1n) is 6.69. The van der Waals surface area contributed by atoms with Gasteiger partial charge in [0.25, 0.3) is 5.91 Å². The summed E-state index contributed by atoms with van der Waals surface area (Å²) >= 11 is 1.06. The Labute approximate surface area is 128 Å². The third-order valence-electron chi connectivity index (χ3n) is 2.73. The molecule has 5 nitrogen and oxygen atoms in total. The maximum atomic E-state index is 11.7. The molecule has 0 fully saturated rings. The van der Waals surface area contributed by atoms with Gasteiger partial charge in [-0.05, 0) is 48.9 Å². The molecule has 0 atom stereocenters. The number of carbonyl (C=O) groups excluding carboxylic acids is 2. The van der Waals surface area contributed by atoms with E-state index in [9.17, 15) is 9.59 Å². The van der Waals surface area contributed by atoms with Gasteiger partial charge in [-0.25, -0.2) is 0 Å². The number of carbonyl (C=O) groups is 2. The molecular formula is C15H18N2O3S. The molecule has 112 valence electrons. The van der Waals surface area contributed by atoms with E-state index in [0.717, 1.165) is 35.1 Å². The Morgan fingerprint density at radius 2 is 2.19 bits per heavy atom. The van der Waals surface area contributed by atoms with Crippen LogP contribution >= 0.6 is 11.8 Å². The Bertz CT molecular complexity index is 552. The largest absolute Gasteiger partial charge is 0.456 e. The highest BCUT2D eigenvalue weighted by atomic mass is 32.2. The number of amides is 1. The monoisotopic (exact) mass is 306 g/mol. The highest BCUT2D eigenvalue weighted by molar-refractivity contribution is 8.03. The van der Waals surface area contributed by atoms with Gasteiger partial charge in [0.15, 0.2) is 6.61 Å². The minimum absolute atomic E-state index is 0.281. The van der Waals surface area contributed by atoms with Crippen LogP contribution in [-0.2, 0) is 14.3 Å². The molecular weight excluding hydrogens is 288 g/mol. The fraction of sp³-hybridized carbons (Fsp3) is 0.400. The van der Waals surface area contributed by atoms with E-state index in [-0.39, 0.29) is 18.5 Å². The lowest BCUT2D eigenvalue weighted by molar-refractivity contribution is -0.147. The minimum Gasteiger partial charge on any atom is -0.456 e. The van der Waals surface area contributed by atoms with E-state index in [4.69, 9.17) is 10.00 Å². The van der Waals surface area contributed by atoms with Crippen molar-refractivity contribution in [2.75, 3.05) is 11.9 Å². The van der Waals surface area contributed by atoms with Crippen LogP contribution in [0.15, 0.2) is 23.1 Å². The standard InChI is InChI=1S/C15H18N2O3S/c1-3-4-5-15(19)20-9-14(18)17-13-7-6-12(21-10-16)8-11(13)2/h6-8H,3-5,9H2,1-2H3,(H,17,18). The van der Waals surface area contributed by atoms with Gasteiger partial charge in [0, 0.05) is 17.0 Å². The van der Waals surface area contributed by atoms with Crippen molar-refractivity contribution in [3.8, 4) is 5.40 Å². The lowest BCUT2D eigenvalue weighted by atomic mass is 10.2. The average Bonchev–Trinajstić information content (AvgIpc) is 2.46. The van der Waals surface area contributed by atoms with Crippen molar-refractivity contribution in [1.82, 2.24) is 0 Å². The average molecular weight is 306 g/mol. The number of unbranched alkanes of at least 4 members (excludes halogenated alkanes) is 1. The molecule has 0 aliphatic carbocycles. The van der Waals surface area contributed by atoms with E-state index in [0.29, 0.717) is 12.1 Å². The van der Waals surface area contributed by atoms with E-state index < -0.39 is 0 Å². The number of thiocyanates is 1. The number of anilines is 1. The van der Waals surface area contributed by atoms with Crippen LogP contribution in [0.3, 0.4) is 0 Å². The number of hydrogen-bond acceptors (Lipinski definition) is 5. The predicted octanol–water partition coefficient (Wildman–Crippen LogP) is 3.24. The van der Waals surface area contributed by atoms with Crippen LogP contribution in [0.1, 0.15) is 31.7 Å². The molecule has 1 rings (SSSR count). The van der Waals surface area contributed by atoms with Crippen LogP contribution in [0, 0.1) is 17.6 Å². The quantitative estimate of drug-likeness (QED) is 0.475. The lowest BCUT2D eigenvalue weighted by Crippen LogP contribution is -2.21. The Morgan fingerprint density at radius 3 is 2.81 bits per heavy atom. The Balaban J connectivity index is 2.48. The number of nitrogens with zero attached hydrogens (tertiary/aromatic N) is 1. The number of ether oxygens (including phenoxy) is 1. The number of nitrogens with one attached hydrogen (secondary N) is 1. The summed E-state index contributed by atoms with van der Waals surface area (Å²) < 4.78 is 4.88. The molecule has 21 heavy (non-hydrogen) atoms. The molecule has 1 N–H and O–H groups in total. The van der Waals surface area contributed by atoms with Crippen molar-refractivity contribution >= 4 is 29.3 Å². The number of thioether (sulfide) groups is 1. The lowest BCUT2D eigenvalue weighted by Gasteiger charge is -2.09. The second-order valence-corrected chi connectivity index (χ2v) is 5.34. The fourth-order valence-electron chi connectivity index (χ4n) is 1.62. The highest BCUT2D eigenvalue weighted by Gasteiger charge is 2.09. The van der Waals surface area contributed by atoms with Crippen molar-refractivity contribution in [2.24, 2.45) is 0 Å². The van der Waals surface area contributed by atoms with Crippen LogP contribution in [-0.4, -0.2) is 18.5 Å². The first kappa shape index (κ1) is 17.1. The molecule has 0 aliphatic rings. The van der Waals surface area contributed by atoms with Crippen molar-refractivity contribution in [2.45, 2.75) is 38.0 Å². The summed E-state index contributed by atoms with van der Waals surface area (Å²) in [5, 5.41) is 13.3. The summed E-state index contributed by atoms with van der Waals surface area (Å²) in [6.07, 6.45) is 2.01. The summed E-state index contributed by atoms with van der Waals surface area (Å²) in [7, 11) is 0. The van der Waals surface area contributed by atoms with Crippen LogP contribution in [0.4, 0.5) is 5.69 Å². The van der Waals surface area contributed by atoms with Crippen LogP contribution < -0.4 is 5.32 Å². The smallest absolute Gasteiger partial charge is 0.306 e. The second kappa shape index (κ2) is 9.03. The molecule has 0 heterocycles. The maximum Gasteiger partial charge on any atom is 0.306 e. The molecule has 0 radical (unpaired) electrons. The van der Waals surface area contributed by atoms with Crippen LogP contribution in [0.25, 0.3) is 0 Å². The first-order chi connectivity index (χ1) is 10.1. The zero-order valence-electron chi connectivity index (χ0n) is 12.1. The summed E-state index contributed by atoms with van der Waals surface area (Å²) in [6, 6.07) is 5.30. The molecule has 6 heteroatoms. The SMILES string of the molecule is CCCCC(=O)OCC(=O)Nc1ccc(SC#N)cc1C. The number of nitriles is 1. The number of hydrogen-bond donors (Lipinski definition) is 1. The van der Waals surface area contributed by atoms with Gasteiger partial charge in [0.1, 0.15) is 5.40 Å². The molecule has 0 aromatic heterocycles. The van der Waals surface area contributed by atoms with Gasteiger partial charge in [0.2, 0.25) is 0 Å². The van der Waals surface area contributed by atoms with Crippen LogP contribution in [0.5, 0.6) is 0 Å². The predicted molar refractivity (Wildman–Crippen MR) is 81.8 cm³/mol. The van der Waals surface area contributed by atoms with E-state index >= 15 is 0 Å². The summed E-state index contributed by atoms with van der Waals surface area (Å²) in [6.45, 7) is 3.54. The Hall–Kier alpha value is -2.00. The van der Waals surface area contributed by atoms with Crippen molar-refractivity contribution in [1.29, 1.82) is 5.26 Å². The minimum atomic E-state index is -0.372. The van der Waals surface area contributed by atoms with Gasteiger partial charge >= 0.3 is 5.97 Å². The molecule has 1 amide bonds. The van der Waals surface area contributed by atoms with Crippen molar-refractivity contribution in [3.63, 3.8) is 0 Å². The van der Waals surface area contributed by atoms with E-state index in [1.54, 1.807) is 12.1 Å². The van der Waals surface area contributed by atoms with Gasteiger partial charge in [-0.1, -0.05) is 13.3 Å². The molecule has 0 saturated carbocycles. The third-order valence-corrected chi connectivity index (χ3v) is 3.32. The summed E-state index contributed by atoms with van der Waals surface area (Å²) in [4.78, 5) is 23.8. The highest BCUT2D eigenvalue weighted by Crippen LogP contribution is 2.23. The van der Waals surface area contributed by atoms with Crippen molar-refractivity contribution in [3.05, 3.63) is 23.8 Å². The molecule has 0 saturated heterocycles. The molecule has 0 spiro atoms. The molecule has 0 aliphatic heterocycles. The van der Waals surface area contributed by atoms with Gasteiger partial charge < -0.3 is 10.1 Å². The first-order valence-corrected chi connectivity index (χ1v) is 7.50. The van der Waals surface area contributed by atoms with E-state index in [1.807, 2.05) is 25.3 Å². The van der Waals surface area contributed by atoms with Gasteiger partial charge in [-0.2, -0.15) is 5.26 Å². The fourth-order valence-corrected chi connectivity index (χ4v) is 2.10. The summed E-state index contributed by atoms with van der Waals surface area (Å²) in [5.74, 6) is -0.729. The third kappa shape index (κ3) is 6.32. The zero-order valence-corrected chi connectivity index (χ0v) is 13.0. The number of esters is 1. The van der Waals surface area contributed by atoms with Gasteiger partial charge in [-0.15, -0.1) is 0 Å². The van der Waals surface area contributed by atoms with Crippen LogP contribution in [0.2, 0.25) is 0 Å². The van der Waals surface area contributed by atoms with E-state index in [2.05, 4.69) is 5.32 Å². The summed E-state index contributed by atoms with van der Waals surface area (Å²) in [5.41, 5.74) is 1.49. The topological polar surface area (TPSA) is 79.2 Å². The van der Waals surface area contributed by atoms with Gasteiger partial charge in [-0.3, -0.25) is 9.59 Å². The normalized spacial score (nSPS) is 9.76. The molecule has 0 bridgehead atoms. The van der Waals surface area contributed by atoms with Crippen molar-refractivity contribution < 1.29 is 14.3 Å².